The second kappa shape index (κ2) is 24.2. The van der Waals surface area contributed by atoms with Crippen molar-refractivity contribution >= 4 is 52.3 Å². The van der Waals surface area contributed by atoms with E-state index in [1.54, 1.807) is 91.1 Å². The van der Waals surface area contributed by atoms with E-state index in [0.29, 0.717) is 41.6 Å². The highest BCUT2D eigenvalue weighted by atomic mass is 16.3. The summed E-state index contributed by atoms with van der Waals surface area (Å²) in [7, 11) is 0. The number of H-pyrrole nitrogens is 1. The molecule has 2 heterocycles. The van der Waals surface area contributed by atoms with E-state index in [-0.39, 0.29) is 32.1 Å². The van der Waals surface area contributed by atoms with E-state index >= 15 is 0 Å². The Morgan fingerprint density at radius 2 is 0.970 bits per heavy atom. The smallest absolute Gasteiger partial charge is 0.245 e. The van der Waals surface area contributed by atoms with Crippen LogP contribution in [0.3, 0.4) is 0 Å². The van der Waals surface area contributed by atoms with Gasteiger partial charge >= 0.3 is 0 Å². The summed E-state index contributed by atoms with van der Waals surface area (Å²) < 4.78 is 0. The zero-order chi connectivity index (χ0) is 47.7. The van der Waals surface area contributed by atoms with Gasteiger partial charge in [-0.25, -0.2) is 0 Å². The number of aromatic amines is 1. The Bertz CT molecular complexity index is 2470. The van der Waals surface area contributed by atoms with E-state index in [1.807, 2.05) is 30.3 Å². The number of aliphatic hydroxyl groups is 1. The van der Waals surface area contributed by atoms with Crippen LogP contribution in [0.15, 0.2) is 121 Å². The maximum atomic E-state index is 14.7. The predicted molar refractivity (Wildman–Crippen MR) is 252 cm³/mol. The van der Waals surface area contributed by atoms with Crippen molar-refractivity contribution < 1.29 is 38.7 Å². The Morgan fingerprint density at radius 1 is 0.522 bits per heavy atom. The monoisotopic (exact) mass is 913 g/mol. The molecular formula is C50H59N9O8. The average molecular weight is 914 g/mol. The third kappa shape index (κ3) is 14.3. The fraction of sp³-hybridized carbons (Fsp3) is 0.340. The average Bonchev–Trinajstić information content (AvgIpc) is 3.74. The Labute approximate surface area is 388 Å². The molecule has 0 saturated carbocycles. The summed E-state index contributed by atoms with van der Waals surface area (Å²) in [6, 6.07) is 26.1. The number of amides is 7. The highest BCUT2D eigenvalue weighted by Gasteiger charge is 2.36. The summed E-state index contributed by atoms with van der Waals surface area (Å²) in [5, 5.41) is 30.7. The predicted octanol–water partition coefficient (Wildman–Crippen LogP) is 0.987. The molecule has 0 unspecified atom stereocenters. The molecule has 17 heteroatoms. The van der Waals surface area contributed by atoms with E-state index in [9.17, 15) is 38.7 Å². The number of unbranched alkanes of at least 4 members (excludes halogenated alkanes) is 1. The molecule has 6 rings (SSSR count). The van der Waals surface area contributed by atoms with Gasteiger partial charge in [0.1, 0.15) is 36.3 Å². The maximum Gasteiger partial charge on any atom is 0.245 e. The van der Waals surface area contributed by atoms with Crippen LogP contribution in [0, 0.1) is 0 Å². The van der Waals surface area contributed by atoms with Crippen LogP contribution in [-0.2, 0) is 59.2 Å². The summed E-state index contributed by atoms with van der Waals surface area (Å²) in [4.78, 5) is 103. The molecule has 1 fully saturated rings. The summed E-state index contributed by atoms with van der Waals surface area (Å²) in [6.45, 7) is 0.994. The molecule has 67 heavy (non-hydrogen) atoms. The van der Waals surface area contributed by atoms with Crippen LogP contribution in [0.2, 0.25) is 0 Å². The number of aromatic nitrogens is 1. The summed E-state index contributed by atoms with van der Waals surface area (Å²) in [5.41, 5.74) is 9.31. The number of carbonyl (C=O) groups is 7. The second-order valence-corrected chi connectivity index (χ2v) is 16.7. The lowest BCUT2D eigenvalue weighted by molar-refractivity contribution is -0.136. The van der Waals surface area contributed by atoms with Gasteiger partial charge in [-0.15, -0.1) is 0 Å². The zero-order valence-electron chi connectivity index (χ0n) is 37.3. The molecule has 0 radical (unpaired) electrons. The minimum Gasteiger partial charge on any atom is -0.391 e. The molecule has 11 N–H and O–H groups in total. The topological polar surface area (TPSA) is 266 Å². The van der Waals surface area contributed by atoms with Crippen molar-refractivity contribution in [1.82, 2.24) is 42.2 Å². The number of aliphatic hydroxyl groups excluding tert-OH is 1. The van der Waals surface area contributed by atoms with E-state index in [0.717, 1.165) is 10.9 Å². The minimum atomic E-state index is -1.60. The van der Waals surface area contributed by atoms with Gasteiger partial charge < -0.3 is 53.0 Å². The number of para-hydroxylation sites is 1. The third-order valence-corrected chi connectivity index (χ3v) is 11.6. The van der Waals surface area contributed by atoms with E-state index < -0.39 is 90.3 Å². The Morgan fingerprint density at radius 3 is 1.51 bits per heavy atom. The van der Waals surface area contributed by atoms with E-state index in [4.69, 9.17) is 5.73 Å². The molecule has 0 bridgehead atoms. The highest BCUT2D eigenvalue weighted by Crippen LogP contribution is 2.20. The van der Waals surface area contributed by atoms with Crippen LogP contribution in [0.1, 0.15) is 48.4 Å². The fourth-order valence-electron chi connectivity index (χ4n) is 7.94. The lowest BCUT2D eigenvalue weighted by Gasteiger charge is -2.28. The lowest BCUT2D eigenvalue weighted by Crippen LogP contribution is -2.61. The number of hydrogen-bond donors (Lipinski definition) is 10. The molecule has 1 aromatic heterocycles. The van der Waals surface area contributed by atoms with Crippen LogP contribution in [0.5, 0.6) is 0 Å². The molecule has 4 aromatic carbocycles. The number of nitrogens with two attached hydrogens (primary N) is 1. The summed E-state index contributed by atoms with van der Waals surface area (Å²) >= 11 is 0. The second-order valence-electron chi connectivity index (χ2n) is 16.7. The van der Waals surface area contributed by atoms with Gasteiger partial charge in [-0.1, -0.05) is 109 Å². The molecular weight excluding hydrogens is 855 g/mol. The van der Waals surface area contributed by atoms with Gasteiger partial charge in [0.25, 0.3) is 0 Å². The molecule has 1 saturated heterocycles. The van der Waals surface area contributed by atoms with Crippen LogP contribution in [0.4, 0.5) is 0 Å². The summed E-state index contributed by atoms with van der Waals surface area (Å²) in [5.74, 6) is -5.39. The van der Waals surface area contributed by atoms with E-state index in [1.165, 1.54) is 6.92 Å². The molecule has 0 spiro atoms. The van der Waals surface area contributed by atoms with Crippen molar-refractivity contribution in [2.24, 2.45) is 5.73 Å². The van der Waals surface area contributed by atoms with Crippen molar-refractivity contribution in [2.75, 3.05) is 13.1 Å². The first kappa shape index (κ1) is 49.1. The van der Waals surface area contributed by atoms with Gasteiger partial charge in [-0.2, -0.15) is 0 Å². The van der Waals surface area contributed by atoms with Crippen molar-refractivity contribution in [3.05, 3.63) is 144 Å². The number of hydrogen-bond acceptors (Lipinski definition) is 9. The molecule has 7 amide bonds. The van der Waals surface area contributed by atoms with Gasteiger partial charge in [-0.05, 0) is 61.1 Å². The van der Waals surface area contributed by atoms with Gasteiger partial charge in [-0.3, -0.25) is 33.6 Å². The maximum absolute atomic E-state index is 14.7. The van der Waals surface area contributed by atoms with Gasteiger partial charge in [0.05, 0.1) is 12.6 Å². The van der Waals surface area contributed by atoms with Crippen LogP contribution < -0.4 is 43.0 Å². The molecule has 1 aliphatic rings. The normalized spacial score (nSPS) is 22.2. The molecule has 0 aliphatic carbocycles. The summed E-state index contributed by atoms with van der Waals surface area (Å²) in [6.07, 6.45) is 1.15. The number of carbonyl (C=O) groups excluding carboxylic acids is 7. The van der Waals surface area contributed by atoms with Crippen molar-refractivity contribution in [1.29, 1.82) is 0 Å². The van der Waals surface area contributed by atoms with Gasteiger partial charge in [0.15, 0.2) is 0 Å². The number of nitrogens with one attached hydrogen (secondary N) is 8. The Kier molecular flexibility index (Phi) is 17.8. The van der Waals surface area contributed by atoms with E-state index in [2.05, 4.69) is 42.2 Å². The van der Waals surface area contributed by atoms with Crippen LogP contribution in [0.25, 0.3) is 10.9 Å². The molecule has 17 nitrogen and oxygen atoms in total. The molecule has 1 aliphatic heterocycles. The molecule has 5 aromatic rings. The minimum absolute atomic E-state index is 0.00339. The zero-order valence-corrected chi connectivity index (χ0v) is 37.3. The first-order valence-corrected chi connectivity index (χ1v) is 22.5. The fourth-order valence-corrected chi connectivity index (χ4v) is 7.94. The third-order valence-electron chi connectivity index (χ3n) is 11.6. The first-order valence-electron chi connectivity index (χ1n) is 22.5. The Balaban J connectivity index is 1.40. The molecule has 7 atom stereocenters. The quantitative estimate of drug-likeness (QED) is 0.0755. The number of rotatable bonds is 13. The highest BCUT2D eigenvalue weighted by molar-refractivity contribution is 5.98. The van der Waals surface area contributed by atoms with Crippen molar-refractivity contribution in [2.45, 2.75) is 94.2 Å². The number of benzene rings is 4. The van der Waals surface area contributed by atoms with Gasteiger partial charge in [0, 0.05) is 42.8 Å². The Hall–Kier alpha value is -7.37. The first-order chi connectivity index (χ1) is 32.4. The van der Waals surface area contributed by atoms with Crippen LogP contribution >= 0.6 is 0 Å². The van der Waals surface area contributed by atoms with Crippen molar-refractivity contribution in [3.63, 3.8) is 0 Å². The lowest BCUT2D eigenvalue weighted by atomic mass is 10.00. The van der Waals surface area contributed by atoms with Crippen molar-refractivity contribution in [3.8, 4) is 0 Å². The molecule has 352 valence electrons. The standard InChI is InChI=1S/C50H59N9O8/c1-31(60)44-50(67)58-39(25-32-15-5-2-6-16-32)45(62)53-30-43(61)54-40(26-33-17-7-3-8-18-33)47(64)56-41(27-34-19-9-4-10-20-34)48(65)57-42(28-35-29-52-37-22-12-11-21-36(35)37)49(66)55-38(46(63)59-44)23-13-14-24-51/h2-12,15-22,29,31,38-42,44,52,60H,13-14,23-28,30,51H2,1H3,(H,53,62)(H,54,61)(H,55,66)(H,56,64)(H,57,65)(H,58,67)(H,59,63)/t31-,38+,39+,40+,41+,42-,44+/m1/s1. The SMILES string of the molecule is C[C@@H](O)[C@@H]1NC(=O)[C@H](CCCCN)NC(=O)[C@@H](Cc2c[nH]c3ccccc23)NC(=O)[C@H](Cc2ccccc2)NC(=O)[C@H](Cc2ccccc2)NC(=O)CNC(=O)[C@H](Cc2ccccc2)NC1=O. The largest absolute Gasteiger partial charge is 0.391 e. The van der Waals surface area contributed by atoms with Gasteiger partial charge in [0.2, 0.25) is 41.4 Å². The number of fused-ring (bicyclic) bond motifs is 1. The van der Waals surface area contributed by atoms with Crippen LogP contribution in [-0.4, -0.2) is 107 Å².